The van der Waals surface area contributed by atoms with Crippen LogP contribution in [0.3, 0.4) is 0 Å². The smallest absolute Gasteiger partial charge is 0.336 e. The molecule has 2 aromatic rings. The molecule has 1 atom stereocenters. The van der Waals surface area contributed by atoms with E-state index in [0.29, 0.717) is 25.4 Å². The summed E-state index contributed by atoms with van der Waals surface area (Å²) in [6, 6.07) is 10.4. The zero-order valence-electron chi connectivity index (χ0n) is 24.4. The largest absolute Gasteiger partial charge is 0.481 e. The molecule has 1 saturated heterocycles. The molecule has 1 unspecified atom stereocenters. The van der Waals surface area contributed by atoms with Crippen molar-refractivity contribution >= 4 is 27.9 Å². The third-order valence-corrected chi connectivity index (χ3v) is 8.66. The number of carboxylic acid groups (broad SMARTS) is 3. The number of aliphatic hydroxyl groups is 1. The second-order valence-corrected chi connectivity index (χ2v) is 13.0. The second-order valence-electron chi connectivity index (χ2n) is 11.3. The number of aromatic nitrogens is 2. The SMILES string of the molecule is CCn1cc(S(=O)(=O)NCCC2(Cc3ccccc3)CCOC(C)(C)C2)c(C)n1.O=C(O)CC(O)(CC(=O)O)C(=O)O. The molecule has 2 heterocycles. The van der Waals surface area contributed by atoms with Crippen molar-refractivity contribution in [2.24, 2.45) is 5.41 Å². The van der Waals surface area contributed by atoms with Crippen LogP contribution in [0, 0.1) is 12.3 Å². The lowest BCUT2D eigenvalue weighted by atomic mass is 9.68. The Bertz CT molecular complexity index is 1320. The zero-order valence-corrected chi connectivity index (χ0v) is 25.2. The molecular formula is C28H41N3O10S. The monoisotopic (exact) mass is 611 g/mol. The van der Waals surface area contributed by atoms with Crippen molar-refractivity contribution in [3.63, 3.8) is 0 Å². The van der Waals surface area contributed by atoms with Crippen LogP contribution < -0.4 is 4.72 Å². The molecule has 42 heavy (non-hydrogen) atoms. The Kier molecular flexibility index (Phi) is 11.8. The summed E-state index contributed by atoms with van der Waals surface area (Å²) in [5, 5.41) is 38.1. The first kappa shape index (κ1) is 34.9. The molecule has 0 amide bonds. The van der Waals surface area contributed by atoms with E-state index >= 15 is 0 Å². The normalized spacial score (nSPS) is 18.5. The number of carbonyl (C=O) groups is 3. The summed E-state index contributed by atoms with van der Waals surface area (Å²) < 4.78 is 36.1. The van der Waals surface area contributed by atoms with E-state index in [-0.39, 0.29) is 15.9 Å². The number of hydrogen-bond donors (Lipinski definition) is 5. The van der Waals surface area contributed by atoms with Crippen molar-refractivity contribution in [3.8, 4) is 0 Å². The molecular weight excluding hydrogens is 570 g/mol. The lowest BCUT2D eigenvalue weighted by molar-refractivity contribution is -0.170. The highest BCUT2D eigenvalue weighted by Crippen LogP contribution is 2.44. The second kappa shape index (κ2) is 14.2. The number of benzene rings is 1. The first-order valence-corrected chi connectivity index (χ1v) is 15.0. The Morgan fingerprint density at radius 1 is 1.10 bits per heavy atom. The van der Waals surface area contributed by atoms with Gasteiger partial charge in [-0.1, -0.05) is 30.3 Å². The van der Waals surface area contributed by atoms with Crippen LogP contribution in [-0.2, 0) is 42.1 Å². The lowest BCUT2D eigenvalue weighted by Gasteiger charge is -2.45. The van der Waals surface area contributed by atoms with Gasteiger partial charge >= 0.3 is 17.9 Å². The van der Waals surface area contributed by atoms with Gasteiger partial charge in [0.15, 0.2) is 5.60 Å². The predicted octanol–water partition coefficient (Wildman–Crippen LogP) is 2.45. The molecule has 13 nitrogen and oxygen atoms in total. The van der Waals surface area contributed by atoms with Gasteiger partial charge < -0.3 is 25.2 Å². The van der Waals surface area contributed by atoms with Gasteiger partial charge in [-0.15, -0.1) is 0 Å². The van der Waals surface area contributed by atoms with Crippen molar-refractivity contribution in [3.05, 3.63) is 47.8 Å². The highest BCUT2D eigenvalue weighted by Gasteiger charge is 2.41. The summed E-state index contributed by atoms with van der Waals surface area (Å²) in [6.07, 6.45) is 2.85. The third-order valence-electron chi connectivity index (χ3n) is 7.10. The van der Waals surface area contributed by atoms with Crippen molar-refractivity contribution in [2.75, 3.05) is 13.2 Å². The van der Waals surface area contributed by atoms with Crippen LogP contribution in [0.1, 0.15) is 64.1 Å². The van der Waals surface area contributed by atoms with Crippen LogP contribution in [0.4, 0.5) is 0 Å². The van der Waals surface area contributed by atoms with Crippen LogP contribution in [0.15, 0.2) is 41.4 Å². The number of nitrogens with zero attached hydrogens (tertiary/aromatic N) is 2. The maximum Gasteiger partial charge on any atom is 0.336 e. The van der Waals surface area contributed by atoms with E-state index in [4.69, 9.17) is 25.2 Å². The summed E-state index contributed by atoms with van der Waals surface area (Å²) in [6.45, 7) is 9.68. The molecule has 3 rings (SSSR count). The van der Waals surface area contributed by atoms with Crippen LogP contribution >= 0.6 is 0 Å². The van der Waals surface area contributed by atoms with Crippen LogP contribution in [0.5, 0.6) is 0 Å². The summed E-state index contributed by atoms with van der Waals surface area (Å²) in [5.41, 5.74) is -1.12. The van der Waals surface area contributed by atoms with Crippen molar-refractivity contribution in [1.29, 1.82) is 0 Å². The van der Waals surface area contributed by atoms with E-state index in [0.717, 1.165) is 25.7 Å². The molecule has 14 heteroatoms. The molecule has 1 aromatic carbocycles. The number of rotatable bonds is 13. The number of aryl methyl sites for hydroxylation is 2. The first-order chi connectivity index (χ1) is 19.4. The molecule has 234 valence electrons. The fourth-order valence-electron chi connectivity index (χ4n) is 5.24. The van der Waals surface area contributed by atoms with Crippen molar-refractivity contribution in [2.45, 2.75) is 88.9 Å². The molecule has 1 fully saturated rings. The number of carboxylic acids is 3. The van der Waals surface area contributed by atoms with Crippen LogP contribution in [0.25, 0.3) is 0 Å². The van der Waals surface area contributed by atoms with E-state index in [1.165, 1.54) is 5.56 Å². The predicted molar refractivity (Wildman–Crippen MR) is 151 cm³/mol. The van der Waals surface area contributed by atoms with Gasteiger partial charge in [-0.25, -0.2) is 17.9 Å². The minimum absolute atomic E-state index is 0.00820. The van der Waals surface area contributed by atoms with Crippen LogP contribution in [0.2, 0.25) is 0 Å². The third kappa shape index (κ3) is 10.2. The molecule has 0 saturated carbocycles. The van der Waals surface area contributed by atoms with Gasteiger partial charge in [-0.3, -0.25) is 14.3 Å². The summed E-state index contributed by atoms with van der Waals surface area (Å²) in [7, 11) is -3.57. The van der Waals surface area contributed by atoms with Crippen molar-refractivity contribution < 1.29 is 48.0 Å². The number of sulfonamides is 1. The standard InChI is InChI=1S/C22H33N3O3S.C6H8O7/c1-5-25-16-20(18(2)24-25)29(26,27)23-13-11-22(12-14-28-21(3,4)17-22)15-19-9-7-6-8-10-19;7-3(8)1-6(13,5(11)12)2-4(9)10/h6-10,16,23H,5,11-15,17H2,1-4H3;13H,1-2H2,(H,7,8)(H,9,10)(H,11,12). The fraction of sp³-hybridized carbons (Fsp3) is 0.571. The summed E-state index contributed by atoms with van der Waals surface area (Å²) in [4.78, 5) is 30.8. The van der Waals surface area contributed by atoms with Gasteiger partial charge in [0.1, 0.15) is 4.90 Å². The van der Waals surface area contributed by atoms with E-state index < -0.39 is 46.4 Å². The molecule has 0 aliphatic carbocycles. The molecule has 1 aliphatic rings. The van der Waals surface area contributed by atoms with E-state index in [2.05, 4.69) is 47.9 Å². The quantitative estimate of drug-likeness (QED) is 0.222. The number of nitrogens with one attached hydrogen (secondary N) is 1. The number of ether oxygens (including phenoxy) is 1. The van der Waals surface area contributed by atoms with Gasteiger partial charge in [0, 0.05) is 25.9 Å². The maximum absolute atomic E-state index is 12.8. The van der Waals surface area contributed by atoms with Gasteiger partial charge in [0.05, 0.1) is 24.1 Å². The van der Waals surface area contributed by atoms with Gasteiger partial charge in [0.25, 0.3) is 0 Å². The zero-order chi connectivity index (χ0) is 31.8. The Morgan fingerprint density at radius 3 is 2.17 bits per heavy atom. The number of aliphatic carboxylic acids is 3. The van der Waals surface area contributed by atoms with E-state index in [1.54, 1.807) is 17.8 Å². The molecule has 0 bridgehead atoms. The molecule has 1 aliphatic heterocycles. The summed E-state index contributed by atoms with van der Waals surface area (Å²) >= 11 is 0. The molecule has 0 spiro atoms. The average Bonchev–Trinajstić information content (AvgIpc) is 3.25. The van der Waals surface area contributed by atoms with Gasteiger partial charge in [-0.05, 0) is 64.4 Å². The van der Waals surface area contributed by atoms with Gasteiger partial charge in [-0.2, -0.15) is 5.10 Å². The Morgan fingerprint density at radius 2 is 1.69 bits per heavy atom. The minimum Gasteiger partial charge on any atom is -0.481 e. The topological polar surface area (TPSA) is 205 Å². The summed E-state index contributed by atoms with van der Waals surface area (Å²) in [5.74, 6) is -5.02. The highest BCUT2D eigenvalue weighted by molar-refractivity contribution is 7.89. The number of hydrogen-bond acceptors (Lipinski definition) is 8. The molecule has 1 aromatic heterocycles. The molecule has 5 N–H and O–H groups in total. The Hall–Kier alpha value is -3.33. The Labute approximate surface area is 245 Å². The van der Waals surface area contributed by atoms with E-state index in [1.807, 2.05) is 13.0 Å². The van der Waals surface area contributed by atoms with Crippen molar-refractivity contribution in [1.82, 2.24) is 14.5 Å². The molecule has 0 radical (unpaired) electrons. The first-order valence-electron chi connectivity index (χ1n) is 13.5. The lowest BCUT2D eigenvalue weighted by Crippen LogP contribution is -2.44. The minimum atomic E-state index is -3.57. The van der Waals surface area contributed by atoms with Crippen LogP contribution in [-0.4, -0.2) is 80.9 Å². The van der Waals surface area contributed by atoms with E-state index in [9.17, 15) is 22.8 Å². The fourth-order valence-corrected chi connectivity index (χ4v) is 6.45. The highest BCUT2D eigenvalue weighted by atomic mass is 32.2. The van der Waals surface area contributed by atoms with Gasteiger partial charge in [0.2, 0.25) is 10.0 Å². The average molecular weight is 612 g/mol. The Balaban J connectivity index is 0.000000401. The maximum atomic E-state index is 12.8.